The number of methoxy groups -OCH3 is 1. The van der Waals surface area contributed by atoms with Crippen molar-refractivity contribution in [2.24, 2.45) is 0 Å². The van der Waals surface area contributed by atoms with Crippen molar-refractivity contribution in [3.63, 3.8) is 0 Å². The Balaban J connectivity index is 1.83. The van der Waals surface area contributed by atoms with Gasteiger partial charge in [0.25, 0.3) is 0 Å². The average Bonchev–Trinajstić information content (AvgIpc) is 3.31. The van der Waals surface area contributed by atoms with Gasteiger partial charge in [-0.3, -0.25) is 9.36 Å². The molecule has 1 fully saturated rings. The summed E-state index contributed by atoms with van der Waals surface area (Å²) in [5.74, 6) is 0. The molecule has 0 N–H and O–H groups in total. The van der Waals surface area contributed by atoms with E-state index in [1.807, 2.05) is 4.68 Å². The van der Waals surface area contributed by atoms with Gasteiger partial charge in [-0.25, -0.2) is 0 Å². The summed E-state index contributed by atoms with van der Waals surface area (Å²) >= 11 is 0. The van der Waals surface area contributed by atoms with E-state index in [0.29, 0.717) is 12.6 Å². The fourth-order valence-electron chi connectivity index (χ4n) is 4.09. The molecular formula is C22H36N4O. The number of aromatic nitrogens is 4. The minimum Gasteiger partial charge on any atom is -0.383 e. The fourth-order valence-corrected chi connectivity index (χ4v) is 4.09. The van der Waals surface area contributed by atoms with Crippen molar-refractivity contribution in [2.45, 2.75) is 90.1 Å². The van der Waals surface area contributed by atoms with Crippen molar-refractivity contribution >= 4 is 0 Å². The van der Waals surface area contributed by atoms with Gasteiger partial charge in [0.05, 0.1) is 31.1 Å². The van der Waals surface area contributed by atoms with E-state index in [9.17, 15) is 0 Å². The topological polar surface area (TPSA) is 44.9 Å². The van der Waals surface area contributed by atoms with Crippen LogP contribution in [0.1, 0.15) is 83.2 Å². The molecule has 0 radical (unpaired) electrons. The van der Waals surface area contributed by atoms with Crippen molar-refractivity contribution in [1.29, 1.82) is 0 Å². The van der Waals surface area contributed by atoms with E-state index in [1.165, 1.54) is 42.5 Å². The van der Waals surface area contributed by atoms with Gasteiger partial charge in [0.15, 0.2) is 0 Å². The second-order valence-electron chi connectivity index (χ2n) is 9.70. The van der Waals surface area contributed by atoms with E-state index >= 15 is 0 Å². The second-order valence-corrected chi connectivity index (χ2v) is 9.70. The quantitative estimate of drug-likeness (QED) is 0.710. The SMILES string of the molecule is COCCn1cc(C(C)(C)C)c(CC(C)(C)c2cnn(C3CCCC3)c2)n1. The number of nitrogens with zero attached hydrogens (tertiary/aromatic N) is 4. The Labute approximate surface area is 164 Å². The van der Waals surface area contributed by atoms with Crippen LogP contribution in [0.25, 0.3) is 0 Å². The molecule has 0 spiro atoms. The van der Waals surface area contributed by atoms with Gasteiger partial charge in [-0.1, -0.05) is 47.5 Å². The predicted molar refractivity (Wildman–Crippen MR) is 109 cm³/mol. The highest BCUT2D eigenvalue weighted by Crippen LogP contribution is 2.34. The molecule has 1 saturated carbocycles. The van der Waals surface area contributed by atoms with Gasteiger partial charge < -0.3 is 4.74 Å². The van der Waals surface area contributed by atoms with Crippen molar-refractivity contribution in [3.05, 3.63) is 35.4 Å². The Morgan fingerprint density at radius 1 is 1.11 bits per heavy atom. The van der Waals surface area contributed by atoms with Gasteiger partial charge in [0, 0.05) is 25.9 Å². The summed E-state index contributed by atoms with van der Waals surface area (Å²) in [4.78, 5) is 0. The lowest BCUT2D eigenvalue weighted by molar-refractivity contribution is 0.183. The third kappa shape index (κ3) is 4.63. The first-order chi connectivity index (χ1) is 12.7. The lowest BCUT2D eigenvalue weighted by Crippen LogP contribution is -2.23. The zero-order valence-electron chi connectivity index (χ0n) is 18.0. The molecule has 0 atom stereocenters. The largest absolute Gasteiger partial charge is 0.383 e. The predicted octanol–water partition coefficient (Wildman–Crippen LogP) is 4.66. The molecule has 150 valence electrons. The maximum absolute atomic E-state index is 5.23. The molecule has 1 aliphatic rings. The third-order valence-corrected chi connectivity index (χ3v) is 5.86. The highest BCUT2D eigenvalue weighted by Gasteiger charge is 2.30. The van der Waals surface area contributed by atoms with Crippen LogP contribution in [-0.4, -0.2) is 33.3 Å². The summed E-state index contributed by atoms with van der Waals surface area (Å²) in [7, 11) is 1.74. The zero-order chi connectivity index (χ0) is 19.7. The molecule has 5 nitrogen and oxygen atoms in total. The first-order valence-electron chi connectivity index (χ1n) is 10.3. The zero-order valence-corrected chi connectivity index (χ0v) is 18.0. The lowest BCUT2D eigenvalue weighted by Gasteiger charge is -2.25. The van der Waals surface area contributed by atoms with Crippen LogP contribution in [0.4, 0.5) is 0 Å². The molecule has 1 aliphatic carbocycles. The van der Waals surface area contributed by atoms with Crippen molar-refractivity contribution in [1.82, 2.24) is 19.6 Å². The maximum atomic E-state index is 5.23. The van der Waals surface area contributed by atoms with Crippen LogP contribution in [0.3, 0.4) is 0 Å². The summed E-state index contributed by atoms with van der Waals surface area (Å²) in [5.41, 5.74) is 3.90. The monoisotopic (exact) mass is 372 g/mol. The molecule has 27 heavy (non-hydrogen) atoms. The molecule has 0 aromatic carbocycles. The molecule has 0 saturated heterocycles. The summed E-state index contributed by atoms with van der Waals surface area (Å²) in [6, 6.07) is 0.591. The van der Waals surface area contributed by atoms with E-state index in [4.69, 9.17) is 14.9 Å². The first-order valence-corrected chi connectivity index (χ1v) is 10.3. The fraction of sp³-hybridized carbons (Fsp3) is 0.727. The average molecular weight is 373 g/mol. The smallest absolute Gasteiger partial charge is 0.0670 e. The number of hydrogen-bond acceptors (Lipinski definition) is 3. The molecule has 2 heterocycles. The Morgan fingerprint density at radius 2 is 1.81 bits per heavy atom. The minimum absolute atomic E-state index is 0.00268. The molecule has 0 unspecified atom stereocenters. The lowest BCUT2D eigenvalue weighted by atomic mass is 9.78. The molecule has 2 aromatic rings. The number of hydrogen-bond donors (Lipinski definition) is 0. The molecule has 3 rings (SSSR count). The highest BCUT2D eigenvalue weighted by molar-refractivity contribution is 5.30. The molecule has 5 heteroatoms. The van der Waals surface area contributed by atoms with Crippen LogP contribution < -0.4 is 0 Å². The van der Waals surface area contributed by atoms with Crippen LogP contribution in [-0.2, 0) is 28.5 Å². The van der Waals surface area contributed by atoms with E-state index in [1.54, 1.807) is 7.11 Å². The van der Waals surface area contributed by atoms with E-state index in [-0.39, 0.29) is 10.8 Å². The summed E-state index contributed by atoms with van der Waals surface area (Å²) in [6.45, 7) is 12.9. The Kier molecular flexibility index (Phi) is 5.80. The maximum Gasteiger partial charge on any atom is 0.0670 e. The van der Waals surface area contributed by atoms with E-state index < -0.39 is 0 Å². The molecular weight excluding hydrogens is 336 g/mol. The van der Waals surface area contributed by atoms with Crippen molar-refractivity contribution in [2.75, 3.05) is 13.7 Å². The van der Waals surface area contributed by atoms with Gasteiger partial charge in [0.1, 0.15) is 0 Å². The Hall–Kier alpha value is -1.62. The minimum atomic E-state index is -0.00268. The summed E-state index contributed by atoms with van der Waals surface area (Å²) in [5, 5.41) is 9.62. The van der Waals surface area contributed by atoms with Crippen LogP contribution in [0.5, 0.6) is 0 Å². The molecule has 0 bridgehead atoms. The van der Waals surface area contributed by atoms with Crippen LogP contribution in [0, 0.1) is 0 Å². The second kappa shape index (κ2) is 7.78. The summed E-state index contributed by atoms with van der Waals surface area (Å²) in [6.07, 6.45) is 12.6. The Morgan fingerprint density at radius 3 is 2.44 bits per heavy atom. The van der Waals surface area contributed by atoms with Gasteiger partial charge in [-0.05, 0) is 34.8 Å². The van der Waals surface area contributed by atoms with Crippen molar-refractivity contribution in [3.8, 4) is 0 Å². The van der Waals surface area contributed by atoms with E-state index in [0.717, 1.165) is 13.0 Å². The van der Waals surface area contributed by atoms with Gasteiger partial charge in [0.2, 0.25) is 0 Å². The summed E-state index contributed by atoms with van der Waals surface area (Å²) < 4.78 is 9.47. The van der Waals surface area contributed by atoms with Gasteiger partial charge >= 0.3 is 0 Å². The first kappa shape index (κ1) is 20.1. The third-order valence-electron chi connectivity index (χ3n) is 5.86. The van der Waals surface area contributed by atoms with E-state index in [2.05, 4.69) is 57.9 Å². The molecule has 2 aromatic heterocycles. The standard InChI is InChI=1S/C22H36N4O/c1-21(2,3)19-16-25(11-12-27-6)24-20(19)13-22(4,5)17-14-23-26(15-17)18-9-7-8-10-18/h14-16,18H,7-13H2,1-6H3. The highest BCUT2D eigenvalue weighted by atomic mass is 16.5. The molecule has 0 amide bonds. The van der Waals surface area contributed by atoms with Crippen molar-refractivity contribution < 1.29 is 4.74 Å². The van der Waals surface area contributed by atoms with Gasteiger partial charge in [-0.15, -0.1) is 0 Å². The normalized spacial score (nSPS) is 16.4. The number of ether oxygens (including phenoxy) is 1. The van der Waals surface area contributed by atoms with Crippen LogP contribution in [0.15, 0.2) is 18.6 Å². The number of rotatable bonds is 7. The van der Waals surface area contributed by atoms with Crippen LogP contribution >= 0.6 is 0 Å². The van der Waals surface area contributed by atoms with Gasteiger partial charge in [-0.2, -0.15) is 10.2 Å². The Bertz CT molecular complexity index is 745. The van der Waals surface area contributed by atoms with Crippen LogP contribution in [0.2, 0.25) is 0 Å². The molecule has 0 aliphatic heterocycles.